The van der Waals surface area contributed by atoms with E-state index in [9.17, 15) is 22.8 Å². The van der Waals surface area contributed by atoms with Crippen LogP contribution in [-0.2, 0) is 25.2 Å². The van der Waals surface area contributed by atoms with E-state index >= 15 is 0 Å². The molecule has 2 bridgehead atoms. The molecule has 1 aromatic rings. The molecule has 31 heavy (non-hydrogen) atoms. The zero-order valence-corrected chi connectivity index (χ0v) is 17.2. The molecule has 1 amide bonds. The number of benzene rings is 1. The summed E-state index contributed by atoms with van der Waals surface area (Å²) in [5.74, 6) is 0.532. The summed E-state index contributed by atoms with van der Waals surface area (Å²) in [6.45, 7) is 1.40. The van der Waals surface area contributed by atoms with Gasteiger partial charge in [0.05, 0.1) is 30.2 Å². The molecule has 3 atom stereocenters. The zero-order chi connectivity index (χ0) is 22.0. The smallest absolute Gasteiger partial charge is 0.416 e. The summed E-state index contributed by atoms with van der Waals surface area (Å²) in [5.41, 5.74) is -0.322. The molecule has 170 valence electrons. The molecule has 3 fully saturated rings. The van der Waals surface area contributed by atoms with Gasteiger partial charge in [0, 0.05) is 19.5 Å². The third-order valence-electron chi connectivity index (χ3n) is 6.63. The lowest BCUT2D eigenvalue weighted by Gasteiger charge is -2.31. The molecule has 0 spiro atoms. The third-order valence-corrected chi connectivity index (χ3v) is 6.63. The van der Waals surface area contributed by atoms with Gasteiger partial charge in [0.15, 0.2) is 6.61 Å². The van der Waals surface area contributed by atoms with Gasteiger partial charge in [-0.3, -0.25) is 9.59 Å². The van der Waals surface area contributed by atoms with E-state index < -0.39 is 30.2 Å². The van der Waals surface area contributed by atoms with E-state index in [0.29, 0.717) is 56.2 Å². The minimum absolute atomic E-state index is 0.0471. The Morgan fingerprint density at radius 2 is 1.94 bits per heavy atom. The number of carbonyl (C=O) groups excluding carboxylic acids is 2. The van der Waals surface area contributed by atoms with Crippen LogP contribution in [0.5, 0.6) is 0 Å². The Labute approximate surface area is 179 Å². The van der Waals surface area contributed by atoms with Crippen LogP contribution in [0, 0.1) is 17.8 Å². The second-order valence-electron chi connectivity index (χ2n) is 8.68. The number of hydrogen-bond donors (Lipinski definition) is 1. The quantitative estimate of drug-likeness (QED) is 0.681. The van der Waals surface area contributed by atoms with Gasteiger partial charge in [-0.25, -0.2) is 0 Å². The van der Waals surface area contributed by atoms with Gasteiger partial charge in [-0.2, -0.15) is 13.2 Å². The molecule has 9 heteroatoms. The molecular weight excluding hydrogens is 413 g/mol. The van der Waals surface area contributed by atoms with Crippen LogP contribution in [0.1, 0.15) is 37.7 Å². The highest BCUT2D eigenvalue weighted by Gasteiger charge is 2.40. The molecule has 4 rings (SSSR count). The number of anilines is 2. The zero-order valence-electron chi connectivity index (χ0n) is 17.2. The van der Waals surface area contributed by atoms with Crippen LogP contribution in [0.15, 0.2) is 18.2 Å². The Bertz CT molecular complexity index is 823. The van der Waals surface area contributed by atoms with Gasteiger partial charge in [0.25, 0.3) is 5.91 Å². The predicted octanol–water partition coefficient (Wildman–Crippen LogP) is 3.85. The van der Waals surface area contributed by atoms with E-state index in [4.69, 9.17) is 9.47 Å². The number of rotatable bonds is 6. The molecule has 2 saturated carbocycles. The second-order valence-corrected chi connectivity index (χ2v) is 8.68. The Morgan fingerprint density at radius 3 is 2.58 bits per heavy atom. The number of esters is 1. The fourth-order valence-corrected chi connectivity index (χ4v) is 5.12. The molecule has 0 unspecified atom stereocenters. The van der Waals surface area contributed by atoms with Gasteiger partial charge in [-0.1, -0.05) is 6.42 Å². The predicted molar refractivity (Wildman–Crippen MR) is 108 cm³/mol. The van der Waals surface area contributed by atoms with Gasteiger partial charge in [0.1, 0.15) is 0 Å². The van der Waals surface area contributed by atoms with Crippen molar-refractivity contribution in [2.24, 2.45) is 17.8 Å². The summed E-state index contributed by atoms with van der Waals surface area (Å²) in [6, 6.07) is 3.26. The van der Waals surface area contributed by atoms with Crippen LogP contribution < -0.4 is 10.2 Å². The monoisotopic (exact) mass is 440 g/mol. The van der Waals surface area contributed by atoms with Crippen molar-refractivity contribution in [2.45, 2.75) is 38.3 Å². The first-order valence-corrected chi connectivity index (χ1v) is 10.8. The standard InChI is InChI=1S/C22H27F3N2O4/c23-22(24,25)17-3-4-19(27-5-7-30-8-6-27)18(12-17)26-20(28)13-31-21(29)11-16-10-14-1-2-15(16)9-14/h3-4,12,14-16H,1-2,5-11,13H2,(H,26,28)/t14-,15-,16-/m1/s1. The van der Waals surface area contributed by atoms with Crippen molar-refractivity contribution < 1.29 is 32.2 Å². The normalized spacial score (nSPS) is 25.5. The topological polar surface area (TPSA) is 67.9 Å². The molecule has 1 aromatic carbocycles. The van der Waals surface area contributed by atoms with Gasteiger partial charge in [-0.05, 0) is 55.2 Å². The Kier molecular flexibility index (Phi) is 6.41. The number of carbonyl (C=O) groups is 2. The summed E-state index contributed by atoms with van der Waals surface area (Å²) >= 11 is 0. The van der Waals surface area contributed by atoms with Crippen molar-refractivity contribution >= 4 is 23.3 Å². The number of halogens is 3. The van der Waals surface area contributed by atoms with E-state index in [0.717, 1.165) is 25.0 Å². The maximum Gasteiger partial charge on any atom is 0.416 e. The van der Waals surface area contributed by atoms with E-state index in [1.165, 1.54) is 18.9 Å². The number of ether oxygens (including phenoxy) is 2. The molecule has 0 radical (unpaired) electrons. The van der Waals surface area contributed by atoms with Crippen molar-refractivity contribution in [3.05, 3.63) is 23.8 Å². The molecular formula is C22H27F3N2O4. The molecule has 2 aliphatic carbocycles. The minimum atomic E-state index is -4.53. The number of alkyl halides is 3. The van der Waals surface area contributed by atoms with Crippen LogP contribution in [0.2, 0.25) is 0 Å². The van der Waals surface area contributed by atoms with Crippen molar-refractivity contribution in [3.63, 3.8) is 0 Å². The summed E-state index contributed by atoms with van der Waals surface area (Å²) in [7, 11) is 0. The number of hydrogen-bond acceptors (Lipinski definition) is 5. The summed E-state index contributed by atoms with van der Waals surface area (Å²) in [4.78, 5) is 26.4. The molecule has 0 aromatic heterocycles. The van der Waals surface area contributed by atoms with E-state index in [1.54, 1.807) is 0 Å². The fourth-order valence-electron chi connectivity index (χ4n) is 5.12. The largest absolute Gasteiger partial charge is 0.456 e. The van der Waals surface area contributed by atoms with Crippen LogP contribution in [0.3, 0.4) is 0 Å². The lowest BCUT2D eigenvalue weighted by molar-refractivity contribution is -0.148. The first kappa shape index (κ1) is 21.9. The van der Waals surface area contributed by atoms with Crippen molar-refractivity contribution in [1.29, 1.82) is 0 Å². The van der Waals surface area contributed by atoms with Gasteiger partial charge >= 0.3 is 12.1 Å². The highest BCUT2D eigenvalue weighted by molar-refractivity contribution is 5.96. The minimum Gasteiger partial charge on any atom is -0.456 e. The number of nitrogens with zero attached hydrogens (tertiary/aromatic N) is 1. The number of amides is 1. The van der Waals surface area contributed by atoms with Crippen molar-refractivity contribution in [3.8, 4) is 0 Å². The van der Waals surface area contributed by atoms with E-state index in [1.807, 2.05) is 4.90 Å². The Balaban J connectivity index is 1.37. The third kappa shape index (κ3) is 5.31. The van der Waals surface area contributed by atoms with Crippen LogP contribution in [-0.4, -0.2) is 44.8 Å². The van der Waals surface area contributed by atoms with Crippen LogP contribution >= 0.6 is 0 Å². The average Bonchev–Trinajstić information content (AvgIpc) is 3.35. The summed E-state index contributed by atoms with van der Waals surface area (Å²) in [6.07, 6.45) is 0.384. The van der Waals surface area contributed by atoms with Gasteiger partial charge in [0.2, 0.25) is 0 Å². The number of morpholine rings is 1. The van der Waals surface area contributed by atoms with Gasteiger partial charge in [-0.15, -0.1) is 0 Å². The molecule has 1 heterocycles. The van der Waals surface area contributed by atoms with Crippen LogP contribution in [0.25, 0.3) is 0 Å². The SMILES string of the molecule is O=C(COC(=O)C[C@H]1C[C@@H]2CC[C@@H]1C2)Nc1cc(C(F)(F)F)ccc1N1CCOCC1. The highest BCUT2D eigenvalue weighted by atomic mass is 19.4. The van der Waals surface area contributed by atoms with Crippen LogP contribution in [0.4, 0.5) is 24.5 Å². The average molecular weight is 440 g/mol. The van der Waals surface area contributed by atoms with Crippen molar-refractivity contribution in [2.75, 3.05) is 43.1 Å². The Hall–Kier alpha value is -2.29. The maximum absolute atomic E-state index is 13.2. The maximum atomic E-state index is 13.2. The first-order valence-electron chi connectivity index (χ1n) is 10.8. The highest BCUT2D eigenvalue weighted by Crippen LogP contribution is 2.49. The van der Waals surface area contributed by atoms with Crippen molar-refractivity contribution in [1.82, 2.24) is 0 Å². The molecule has 1 saturated heterocycles. The number of fused-ring (bicyclic) bond motifs is 2. The summed E-state index contributed by atoms with van der Waals surface area (Å²) < 4.78 is 49.9. The van der Waals surface area contributed by atoms with E-state index in [-0.39, 0.29) is 5.69 Å². The summed E-state index contributed by atoms with van der Waals surface area (Å²) in [5, 5.41) is 2.50. The Morgan fingerprint density at radius 1 is 1.16 bits per heavy atom. The lowest BCUT2D eigenvalue weighted by Crippen LogP contribution is -2.37. The first-order chi connectivity index (χ1) is 14.8. The molecule has 3 aliphatic rings. The van der Waals surface area contributed by atoms with E-state index in [2.05, 4.69) is 5.32 Å². The molecule has 6 nitrogen and oxygen atoms in total. The second kappa shape index (κ2) is 9.06. The fraction of sp³-hybridized carbons (Fsp3) is 0.636. The number of nitrogens with one attached hydrogen (secondary N) is 1. The van der Waals surface area contributed by atoms with Gasteiger partial charge < -0.3 is 19.7 Å². The molecule has 1 aliphatic heterocycles. The molecule has 1 N–H and O–H groups in total. The lowest BCUT2D eigenvalue weighted by atomic mass is 9.86.